The summed E-state index contributed by atoms with van der Waals surface area (Å²) in [5, 5.41) is 0.689. The largest absolute Gasteiger partial charge is 0.325 e. The van der Waals surface area contributed by atoms with Crippen LogP contribution in [0.25, 0.3) is 0 Å². The Morgan fingerprint density at radius 1 is 1.60 bits per heavy atom. The Morgan fingerprint density at radius 3 is 2.80 bits per heavy atom. The first-order valence-corrected chi connectivity index (χ1v) is 7.46. The van der Waals surface area contributed by atoms with Crippen LogP contribution >= 0.6 is 19.0 Å². The molecule has 1 heterocycles. The minimum Gasteiger partial charge on any atom is -0.325 e. The maximum Gasteiger partial charge on any atom is 0.229 e. The van der Waals surface area contributed by atoms with Gasteiger partial charge in [-0.25, -0.2) is 0 Å². The van der Waals surface area contributed by atoms with E-state index in [1.807, 2.05) is 6.92 Å². The molecule has 1 atom stereocenters. The molecule has 2 nitrogen and oxygen atoms in total. The summed E-state index contributed by atoms with van der Waals surface area (Å²) in [5.41, 5.74) is 0.951. The van der Waals surface area contributed by atoms with Crippen LogP contribution in [0.2, 0.25) is 0 Å². The van der Waals surface area contributed by atoms with Crippen molar-refractivity contribution in [2.24, 2.45) is 5.92 Å². The van der Waals surface area contributed by atoms with Gasteiger partial charge in [-0.3, -0.25) is 4.57 Å². The van der Waals surface area contributed by atoms with Crippen molar-refractivity contribution in [1.82, 2.24) is 0 Å². The molecule has 0 aliphatic carbocycles. The standard InChI is InChI=1S/C11H18ClO2P/c1-9(2)4-6-14-15(13)7-5-11(12)10(3)8-15/h5,7,9H,4,6,8H2,1-3H3. The van der Waals surface area contributed by atoms with Crippen molar-refractivity contribution in [3.8, 4) is 0 Å². The third kappa shape index (κ3) is 4.14. The quantitative estimate of drug-likeness (QED) is 0.691. The molecule has 0 fully saturated rings. The molecule has 0 saturated heterocycles. The van der Waals surface area contributed by atoms with Crippen LogP contribution in [-0.4, -0.2) is 12.8 Å². The molecule has 0 aromatic carbocycles. The van der Waals surface area contributed by atoms with Crippen LogP contribution in [0.15, 0.2) is 22.5 Å². The SMILES string of the molecule is CC1=C(Cl)C=CP(=O)(OCCC(C)C)C1. The lowest BCUT2D eigenvalue weighted by Gasteiger charge is -2.19. The van der Waals surface area contributed by atoms with E-state index in [1.54, 1.807) is 11.9 Å². The smallest absolute Gasteiger partial charge is 0.229 e. The normalized spacial score (nSPS) is 26.5. The Balaban J connectivity index is 2.50. The average molecular weight is 249 g/mol. The third-order valence-corrected chi connectivity index (χ3v) is 4.90. The number of hydrogen-bond acceptors (Lipinski definition) is 2. The molecule has 0 N–H and O–H groups in total. The van der Waals surface area contributed by atoms with Gasteiger partial charge < -0.3 is 4.52 Å². The molecule has 0 amide bonds. The molecule has 86 valence electrons. The van der Waals surface area contributed by atoms with Crippen molar-refractivity contribution in [1.29, 1.82) is 0 Å². The first kappa shape index (κ1) is 13.0. The minimum atomic E-state index is -2.59. The summed E-state index contributed by atoms with van der Waals surface area (Å²) in [6, 6.07) is 0. The lowest BCUT2D eigenvalue weighted by Crippen LogP contribution is -2.02. The number of allylic oxidation sites excluding steroid dienone is 3. The van der Waals surface area contributed by atoms with Gasteiger partial charge in [0.1, 0.15) is 0 Å². The van der Waals surface area contributed by atoms with Crippen LogP contribution in [0.1, 0.15) is 27.2 Å². The molecule has 0 saturated carbocycles. The predicted molar refractivity (Wildman–Crippen MR) is 65.6 cm³/mol. The highest BCUT2D eigenvalue weighted by atomic mass is 35.5. The van der Waals surface area contributed by atoms with Crippen LogP contribution in [-0.2, 0) is 9.09 Å². The number of halogens is 1. The molecule has 4 heteroatoms. The van der Waals surface area contributed by atoms with E-state index < -0.39 is 7.37 Å². The van der Waals surface area contributed by atoms with Crippen LogP contribution in [0.4, 0.5) is 0 Å². The minimum absolute atomic E-state index is 0.459. The van der Waals surface area contributed by atoms with E-state index in [4.69, 9.17) is 16.1 Å². The summed E-state index contributed by atoms with van der Waals surface area (Å²) in [5.74, 6) is 2.20. The fourth-order valence-electron chi connectivity index (χ4n) is 1.31. The van der Waals surface area contributed by atoms with Gasteiger partial charge in [-0.1, -0.05) is 25.4 Å². The van der Waals surface area contributed by atoms with Crippen molar-refractivity contribution in [3.63, 3.8) is 0 Å². The van der Waals surface area contributed by atoms with Crippen molar-refractivity contribution < 1.29 is 9.09 Å². The highest BCUT2D eigenvalue weighted by Crippen LogP contribution is 2.53. The molecule has 1 unspecified atom stereocenters. The maximum absolute atomic E-state index is 12.2. The molecular weight excluding hydrogens is 231 g/mol. The van der Waals surface area contributed by atoms with E-state index >= 15 is 0 Å². The number of hydrogen-bond donors (Lipinski definition) is 0. The zero-order valence-corrected chi connectivity index (χ0v) is 11.1. The lowest BCUT2D eigenvalue weighted by molar-refractivity contribution is 0.294. The van der Waals surface area contributed by atoms with Gasteiger partial charge in [-0.15, -0.1) is 0 Å². The van der Waals surface area contributed by atoms with Gasteiger partial charge in [-0.05, 0) is 30.9 Å². The Hall–Kier alpha value is -0.0400. The van der Waals surface area contributed by atoms with Gasteiger partial charge in [-0.2, -0.15) is 0 Å². The van der Waals surface area contributed by atoms with Crippen molar-refractivity contribution in [3.05, 3.63) is 22.5 Å². The van der Waals surface area contributed by atoms with Crippen molar-refractivity contribution in [2.75, 3.05) is 12.8 Å². The van der Waals surface area contributed by atoms with E-state index in [2.05, 4.69) is 13.8 Å². The average Bonchev–Trinajstić information content (AvgIpc) is 2.11. The molecule has 1 aliphatic heterocycles. The highest BCUT2D eigenvalue weighted by molar-refractivity contribution is 7.62. The molecule has 15 heavy (non-hydrogen) atoms. The number of rotatable bonds is 4. The monoisotopic (exact) mass is 248 g/mol. The zero-order chi connectivity index (χ0) is 11.5. The summed E-state index contributed by atoms with van der Waals surface area (Å²) in [6.45, 7) is 6.70. The Morgan fingerprint density at radius 2 is 2.27 bits per heavy atom. The Kier molecular flexibility index (Phi) is 4.64. The first-order chi connectivity index (χ1) is 6.93. The Bertz CT molecular complexity index is 331. The van der Waals surface area contributed by atoms with E-state index in [-0.39, 0.29) is 0 Å². The van der Waals surface area contributed by atoms with Gasteiger partial charge in [0, 0.05) is 10.8 Å². The van der Waals surface area contributed by atoms with Crippen molar-refractivity contribution >= 4 is 19.0 Å². The predicted octanol–water partition coefficient (Wildman–Crippen LogP) is 4.37. The Labute approximate surface area is 96.8 Å². The second-order valence-corrected chi connectivity index (χ2v) is 7.08. The fraction of sp³-hybridized carbons (Fsp3) is 0.636. The molecule has 1 rings (SSSR count). The zero-order valence-electron chi connectivity index (χ0n) is 9.50. The van der Waals surface area contributed by atoms with E-state index in [9.17, 15) is 4.57 Å². The molecular formula is C11H18ClO2P. The third-order valence-electron chi connectivity index (χ3n) is 2.32. The molecule has 0 aromatic rings. The fourth-order valence-corrected chi connectivity index (χ4v) is 3.53. The van der Waals surface area contributed by atoms with E-state index in [0.717, 1.165) is 12.0 Å². The molecule has 1 aliphatic rings. The van der Waals surface area contributed by atoms with E-state index in [1.165, 1.54) is 0 Å². The molecule has 0 radical (unpaired) electrons. The summed E-state index contributed by atoms with van der Waals surface area (Å²) in [7, 11) is -2.59. The van der Waals surface area contributed by atoms with Crippen LogP contribution < -0.4 is 0 Å². The molecule has 0 bridgehead atoms. The topological polar surface area (TPSA) is 26.3 Å². The van der Waals surface area contributed by atoms with Gasteiger partial charge in [0.15, 0.2) is 0 Å². The van der Waals surface area contributed by atoms with Crippen LogP contribution in [0.3, 0.4) is 0 Å². The van der Waals surface area contributed by atoms with Gasteiger partial charge in [0.05, 0.1) is 12.8 Å². The molecule has 0 spiro atoms. The van der Waals surface area contributed by atoms with Gasteiger partial charge >= 0.3 is 0 Å². The van der Waals surface area contributed by atoms with Crippen LogP contribution in [0.5, 0.6) is 0 Å². The second-order valence-electron chi connectivity index (χ2n) is 4.34. The molecule has 0 aromatic heterocycles. The summed E-state index contributed by atoms with van der Waals surface area (Å²) in [4.78, 5) is 0. The first-order valence-electron chi connectivity index (χ1n) is 5.21. The van der Waals surface area contributed by atoms with Crippen LogP contribution in [0, 0.1) is 5.92 Å². The summed E-state index contributed by atoms with van der Waals surface area (Å²) >= 11 is 5.90. The van der Waals surface area contributed by atoms with Crippen molar-refractivity contribution in [2.45, 2.75) is 27.2 Å². The second kappa shape index (κ2) is 5.34. The maximum atomic E-state index is 12.2. The van der Waals surface area contributed by atoms with Gasteiger partial charge in [0.25, 0.3) is 0 Å². The van der Waals surface area contributed by atoms with Gasteiger partial charge in [0.2, 0.25) is 7.37 Å². The summed E-state index contributed by atoms with van der Waals surface area (Å²) < 4.78 is 17.6. The highest BCUT2D eigenvalue weighted by Gasteiger charge is 2.24. The van der Waals surface area contributed by atoms with E-state index in [0.29, 0.717) is 23.7 Å². The lowest BCUT2D eigenvalue weighted by atomic mass is 10.2. The summed E-state index contributed by atoms with van der Waals surface area (Å²) in [6.07, 6.45) is 3.09.